The Hall–Kier alpha value is -2.12. The molecule has 2 aliphatic rings. The molecule has 0 radical (unpaired) electrons. The van der Waals surface area contributed by atoms with Gasteiger partial charge in [0.05, 0.1) is 17.9 Å². The molecule has 0 N–H and O–H groups in total. The summed E-state index contributed by atoms with van der Waals surface area (Å²) in [6.07, 6.45) is -1.11. The van der Waals surface area contributed by atoms with Crippen molar-refractivity contribution in [1.29, 1.82) is 0 Å². The summed E-state index contributed by atoms with van der Waals surface area (Å²) >= 11 is 0. The number of carbonyl (C=O) groups excluding carboxylic acids is 4. The van der Waals surface area contributed by atoms with E-state index in [0.717, 1.165) is 0 Å². The number of amides is 2. The van der Waals surface area contributed by atoms with Crippen LogP contribution in [0.4, 0.5) is 4.79 Å². The van der Waals surface area contributed by atoms with Crippen molar-refractivity contribution in [2.75, 3.05) is 0 Å². The van der Waals surface area contributed by atoms with Gasteiger partial charge in [0.2, 0.25) is 5.91 Å². The Kier molecular flexibility index (Phi) is 2.99. The lowest BCUT2D eigenvalue weighted by atomic mass is 10.1. The number of ether oxygens (including phenoxy) is 1. The van der Waals surface area contributed by atoms with Gasteiger partial charge in [0, 0.05) is 17.8 Å². The normalized spacial score (nSPS) is 31.8. The SMILES string of the molecule is CC(C)(C)OC(=O)N1C(=O)C2C(C(=O)[O-])C2C1C(=O)[O-]. The van der Waals surface area contributed by atoms with Gasteiger partial charge in [-0.3, -0.25) is 4.79 Å². The minimum Gasteiger partial charge on any atom is -0.550 e. The van der Waals surface area contributed by atoms with Crippen molar-refractivity contribution in [3.05, 3.63) is 0 Å². The number of aliphatic carboxylic acids is 2. The Balaban J connectivity index is 2.23. The van der Waals surface area contributed by atoms with E-state index in [1.807, 2.05) is 0 Å². The van der Waals surface area contributed by atoms with Crippen LogP contribution in [0, 0.1) is 17.8 Å². The topological polar surface area (TPSA) is 127 Å². The fraction of sp³-hybridized carbons (Fsp3) is 0.667. The van der Waals surface area contributed by atoms with E-state index in [1.165, 1.54) is 0 Å². The third-order valence-electron chi connectivity index (χ3n) is 3.34. The van der Waals surface area contributed by atoms with Gasteiger partial charge in [-0.1, -0.05) is 0 Å². The van der Waals surface area contributed by atoms with Crippen molar-refractivity contribution >= 4 is 23.9 Å². The average molecular weight is 283 g/mol. The maximum absolute atomic E-state index is 11.9. The van der Waals surface area contributed by atoms with Gasteiger partial charge < -0.3 is 24.5 Å². The van der Waals surface area contributed by atoms with E-state index >= 15 is 0 Å². The van der Waals surface area contributed by atoms with Crippen LogP contribution in [0.15, 0.2) is 0 Å². The number of carbonyl (C=O) groups is 4. The highest BCUT2D eigenvalue weighted by Gasteiger charge is 2.69. The molecule has 0 aromatic rings. The molecule has 8 heteroatoms. The van der Waals surface area contributed by atoms with Crippen molar-refractivity contribution in [2.24, 2.45) is 17.8 Å². The molecule has 1 saturated carbocycles. The van der Waals surface area contributed by atoms with E-state index in [0.29, 0.717) is 4.90 Å². The van der Waals surface area contributed by atoms with Crippen LogP contribution in [0.5, 0.6) is 0 Å². The van der Waals surface area contributed by atoms with Crippen LogP contribution in [-0.4, -0.2) is 40.5 Å². The first-order chi connectivity index (χ1) is 9.06. The molecular weight excluding hydrogens is 270 g/mol. The molecule has 110 valence electrons. The predicted molar refractivity (Wildman–Crippen MR) is 57.4 cm³/mol. The number of carboxylic acid groups (broad SMARTS) is 2. The van der Waals surface area contributed by atoms with Gasteiger partial charge in [-0.2, -0.15) is 0 Å². The monoisotopic (exact) mass is 283 g/mol. The van der Waals surface area contributed by atoms with Crippen LogP contribution in [0.1, 0.15) is 20.8 Å². The second-order valence-electron chi connectivity index (χ2n) is 5.90. The number of carboxylic acids is 2. The lowest BCUT2D eigenvalue weighted by Crippen LogP contribution is -2.54. The predicted octanol–water partition coefficient (Wildman–Crippen LogP) is -2.51. The molecule has 0 bridgehead atoms. The standard InChI is InChI=1S/C12H15NO7/c1-12(2,3)20-11(19)13-7(10(17)18)4-5(8(13)14)6(4)9(15)16/h4-7H,1-3H3,(H,15,16)(H,17,18)/p-2. The van der Waals surface area contributed by atoms with Crippen LogP contribution in [-0.2, 0) is 19.1 Å². The third kappa shape index (κ3) is 2.10. The summed E-state index contributed by atoms with van der Waals surface area (Å²) in [5.41, 5.74) is -0.908. The van der Waals surface area contributed by atoms with Gasteiger partial charge in [0.1, 0.15) is 5.60 Å². The molecule has 1 aliphatic heterocycles. The van der Waals surface area contributed by atoms with Gasteiger partial charge in [-0.15, -0.1) is 0 Å². The molecule has 2 fully saturated rings. The number of rotatable bonds is 2. The Morgan fingerprint density at radius 1 is 1.15 bits per heavy atom. The van der Waals surface area contributed by atoms with Gasteiger partial charge in [-0.05, 0) is 20.8 Å². The Bertz CT molecular complexity index is 506. The number of imide groups is 1. The third-order valence-corrected chi connectivity index (χ3v) is 3.34. The van der Waals surface area contributed by atoms with Gasteiger partial charge in [-0.25, -0.2) is 9.69 Å². The highest BCUT2D eigenvalue weighted by Crippen LogP contribution is 2.56. The van der Waals surface area contributed by atoms with Crippen molar-refractivity contribution in [2.45, 2.75) is 32.4 Å². The molecule has 1 aliphatic carbocycles. The maximum atomic E-state index is 11.9. The molecule has 2 amide bonds. The quantitative estimate of drug-likeness (QED) is 0.547. The Labute approximate surface area is 114 Å². The highest BCUT2D eigenvalue weighted by molar-refractivity contribution is 6.05. The number of likely N-dealkylation sites (tertiary alicyclic amines) is 1. The number of fused-ring (bicyclic) bond motifs is 1. The Morgan fingerprint density at radius 3 is 2.10 bits per heavy atom. The lowest BCUT2D eigenvalue weighted by Gasteiger charge is -2.30. The van der Waals surface area contributed by atoms with Gasteiger partial charge in [0.15, 0.2) is 0 Å². The first kappa shape index (κ1) is 14.3. The fourth-order valence-corrected chi connectivity index (χ4v) is 2.60. The molecule has 0 aromatic heterocycles. The molecule has 2 rings (SSSR count). The first-order valence-electron chi connectivity index (χ1n) is 6.04. The van der Waals surface area contributed by atoms with E-state index in [-0.39, 0.29) is 0 Å². The first-order valence-corrected chi connectivity index (χ1v) is 6.04. The van der Waals surface area contributed by atoms with Crippen LogP contribution in [0.25, 0.3) is 0 Å². The van der Waals surface area contributed by atoms with Crippen molar-refractivity contribution in [3.8, 4) is 0 Å². The number of hydrogen-bond donors (Lipinski definition) is 0. The summed E-state index contributed by atoms with van der Waals surface area (Å²) in [4.78, 5) is 46.1. The molecule has 4 atom stereocenters. The minimum atomic E-state index is -1.68. The molecule has 20 heavy (non-hydrogen) atoms. The zero-order valence-corrected chi connectivity index (χ0v) is 11.1. The summed E-state index contributed by atoms with van der Waals surface area (Å²) in [5, 5.41) is 21.9. The number of nitrogens with zero attached hydrogens (tertiary/aromatic N) is 1. The summed E-state index contributed by atoms with van der Waals surface area (Å²) < 4.78 is 4.95. The summed E-state index contributed by atoms with van der Waals surface area (Å²) in [6.45, 7) is 4.68. The van der Waals surface area contributed by atoms with Crippen molar-refractivity contribution < 1.29 is 34.1 Å². The van der Waals surface area contributed by atoms with E-state index in [4.69, 9.17) is 4.74 Å². The molecule has 0 spiro atoms. The zero-order valence-electron chi connectivity index (χ0n) is 11.1. The lowest BCUT2D eigenvalue weighted by molar-refractivity contribution is -0.313. The van der Waals surface area contributed by atoms with Crippen LogP contribution >= 0.6 is 0 Å². The van der Waals surface area contributed by atoms with E-state index in [1.54, 1.807) is 20.8 Å². The van der Waals surface area contributed by atoms with Crippen LogP contribution < -0.4 is 10.2 Å². The van der Waals surface area contributed by atoms with E-state index in [2.05, 4.69) is 0 Å². The molecule has 1 heterocycles. The molecule has 0 aromatic carbocycles. The summed E-state index contributed by atoms with van der Waals surface area (Å²) in [5.74, 6) is -7.26. The van der Waals surface area contributed by atoms with E-state index in [9.17, 15) is 29.4 Å². The van der Waals surface area contributed by atoms with Gasteiger partial charge in [0.25, 0.3) is 0 Å². The maximum Gasteiger partial charge on any atom is 0.417 e. The van der Waals surface area contributed by atoms with Crippen molar-refractivity contribution in [1.82, 2.24) is 4.90 Å². The number of piperidine rings is 1. The second-order valence-corrected chi connectivity index (χ2v) is 5.90. The smallest absolute Gasteiger partial charge is 0.417 e. The second kappa shape index (κ2) is 4.19. The molecule has 1 saturated heterocycles. The van der Waals surface area contributed by atoms with E-state index < -0.39 is 53.3 Å². The summed E-state index contributed by atoms with van der Waals surface area (Å²) in [6, 6.07) is -1.62. The molecular formula is C12H13NO7-2. The van der Waals surface area contributed by atoms with Crippen LogP contribution in [0.3, 0.4) is 0 Å². The zero-order chi connectivity index (χ0) is 15.4. The largest absolute Gasteiger partial charge is 0.550 e. The fourth-order valence-electron chi connectivity index (χ4n) is 2.60. The summed E-state index contributed by atoms with van der Waals surface area (Å²) in [7, 11) is 0. The van der Waals surface area contributed by atoms with Crippen LogP contribution in [0.2, 0.25) is 0 Å². The number of hydrogen-bond acceptors (Lipinski definition) is 7. The minimum absolute atomic E-state index is 0.440. The highest BCUT2D eigenvalue weighted by atomic mass is 16.6. The molecule has 4 unspecified atom stereocenters. The Morgan fingerprint density at radius 2 is 1.70 bits per heavy atom. The van der Waals surface area contributed by atoms with Gasteiger partial charge >= 0.3 is 6.09 Å². The average Bonchev–Trinajstić information content (AvgIpc) is 2.89. The van der Waals surface area contributed by atoms with Crippen molar-refractivity contribution in [3.63, 3.8) is 0 Å². The molecule has 8 nitrogen and oxygen atoms in total.